The van der Waals surface area contributed by atoms with E-state index >= 15 is 0 Å². The highest BCUT2D eigenvalue weighted by atomic mass is 32.1. The summed E-state index contributed by atoms with van der Waals surface area (Å²) < 4.78 is 0. The van der Waals surface area contributed by atoms with Crippen molar-refractivity contribution >= 4 is 11.3 Å². The van der Waals surface area contributed by atoms with E-state index in [0.717, 1.165) is 18.7 Å². The van der Waals surface area contributed by atoms with Crippen LogP contribution in [0.5, 0.6) is 0 Å². The third-order valence-electron chi connectivity index (χ3n) is 2.94. The molecule has 1 unspecified atom stereocenters. The minimum absolute atomic E-state index is 0.0703. The fourth-order valence-electron chi connectivity index (χ4n) is 1.71. The number of hydrogen-bond acceptors (Lipinski definition) is 3. The highest BCUT2D eigenvalue weighted by molar-refractivity contribution is 7.10. The largest absolute Gasteiger partial charge is 0.384 e. The molecule has 0 aliphatic carbocycles. The Morgan fingerprint density at radius 1 is 1.47 bits per heavy atom. The maximum atomic E-state index is 8.64. The van der Waals surface area contributed by atoms with Crippen LogP contribution < -0.4 is 0 Å². The lowest BCUT2D eigenvalue weighted by molar-refractivity contribution is 0.208. The van der Waals surface area contributed by atoms with E-state index in [9.17, 15) is 0 Å². The summed E-state index contributed by atoms with van der Waals surface area (Å²) in [4.78, 5) is 3.81. The Morgan fingerprint density at radius 2 is 2.24 bits per heavy atom. The van der Waals surface area contributed by atoms with Gasteiger partial charge in [-0.1, -0.05) is 25.7 Å². The van der Waals surface area contributed by atoms with Gasteiger partial charge in [-0.25, -0.2) is 0 Å². The predicted molar refractivity (Wildman–Crippen MR) is 74.1 cm³/mol. The molecule has 0 saturated carbocycles. The van der Waals surface area contributed by atoms with Crippen molar-refractivity contribution in [3.05, 3.63) is 21.9 Å². The number of aliphatic hydroxyl groups excluding tert-OH is 1. The Balaban J connectivity index is 2.64. The van der Waals surface area contributed by atoms with E-state index < -0.39 is 0 Å². The zero-order chi connectivity index (χ0) is 12.7. The lowest BCUT2D eigenvalue weighted by Gasteiger charge is -2.26. The summed E-state index contributed by atoms with van der Waals surface area (Å²) in [5.74, 6) is 5.62. The van der Waals surface area contributed by atoms with Gasteiger partial charge in [-0.2, -0.15) is 0 Å². The Kier molecular flexibility index (Phi) is 6.28. The van der Waals surface area contributed by atoms with E-state index in [-0.39, 0.29) is 6.61 Å². The second-order valence-electron chi connectivity index (χ2n) is 4.08. The summed E-state index contributed by atoms with van der Waals surface area (Å²) >= 11 is 1.75. The molecule has 0 bridgehead atoms. The smallest absolute Gasteiger partial charge is 0.104 e. The van der Waals surface area contributed by atoms with E-state index in [2.05, 4.69) is 49.0 Å². The van der Waals surface area contributed by atoms with Gasteiger partial charge in [-0.15, -0.1) is 11.3 Å². The second-order valence-corrected chi connectivity index (χ2v) is 5.08. The molecule has 3 heteroatoms. The number of thiophene rings is 1. The molecule has 0 saturated heterocycles. The van der Waals surface area contributed by atoms with Gasteiger partial charge in [-0.3, -0.25) is 4.90 Å². The molecule has 0 aromatic carbocycles. The van der Waals surface area contributed by atoms with Crippen molar-refractivity contribution < 1.29 is 5.11 Å². The molecule has 0 spiro atoms. The fourth-order valence-corrected chi connectivity index (χ4v) is 2.55. The van der Waals surface area contributed by atoms with Crippen LogP contribution in [0.1, 0.15) is 37.6 Å². The molecule has 1 aromatic rings. The summed E-state index contributed by atoms with van der Waals surface area (Å²) in [6.45, 7) is 8.69. The third kappa shape index (κ3) is 4.51. The molecule has 17 heavy (non-hydrogen) atoms. The van der Waals surface area contributed by atoms with E-state index in [1.54, 1.807) is 11.3 Å². The molecule has 0 radical (unpaired) electrons. The SMILES string of the molecule is CCC(C)N(CC)Cc1cc(C#CCO)cs1. The Bertz CT molecular complexity index is 388. The van der Waals surface area contributed by atoms with Gasteiger partial charge in [0.05, 0.1) is 0 Å². The lowest BCUT2D eigenvalue weighted by Crippen LogP contribution is -2.31. The molecule has 0 fully saturated rings. The first-order valence-corrected chi connectivity index (χ1v) is 7.00. The minimum atomic E-state index is -0.0703. The van der Waals surface area contributed by atoms with Gasteiger partial charge in [0.25, 0.3) is 0 Å². The molecule has 1 atom stereocenters. The first-order chi connectivity index (χ1) is 8.21. The van der Waals surface area contributed by atoms with Gasteiger partial charge in [0.2, 0.25) is 0 Å². The van der Waals surface area contributed by atoms with Crippen molar-refractivity contribution in [3.8, 4) is 11.8 Å². The van der Waals surface area contributed by atoms with Crippen LogP contribution in [0.25, 0.3) is 0 Å². The molecule has 1 aromatic heterocycles. The van der Waals surface area contributed by atoms with Gasteiger partial charge < -0.3 is 5.11 Å². The summed E-state index contributed by atoms with van der Waals surface area (Å²) in [6.07, 6.45) is 1.18. The van der Waals surface area contributed by atoms with Crippen LogP contribution >= 0.6 is 11.3 Å². The topological polar surface area (TPSA) is 23.5 Å². The lowest BCUT2D eigenvalue weighted by atomic mass is 10.2. The Labute approximate surface area is 108 Å². The van der Waals surface area contributed by atoms with E-state index in [0.29, 0.717) is 6.04 Å². The molecule has 1 N–H and O–H groups in total. The van der Waals surface area contributed by atoms with Crippen molar-refractivity contribution in [3.63, 3.8) is 0 Å². The Hall–Kier alpha value is -0.820. The number of nitrogens with zero attached hydrogens (tertiary/aromatic N) is 1. The van der Waals surface area contributed by atoms with Gasteiger partial charge in [0.15, 0.2) is 0 Å². The maximum absolute atomic E-state index is 8.64. The van der Waals surface area contributed by atoms with Gasteiger partial charge in [-0.05, 0) is 26.0 Å². The average Bonchev–Trinajstić information content (AvgIpc) is 2.80. The first kappa shape index (κ1) is 14.2. The molecular formula is C14H21NOS. The van der Waals surface area contributed by atoms with Crippen molar-refractivity contribution in [2.45, 2.75) is 39.8 Å². The molecule has 1 heterocycles. The van der Waals surface area contributed by atoms with Crippen molar-refractivity contribution in [1.29, 1.82) is 0 Å². The van der Waals surface area contributed by atoms with E-state index in [1.165, 1.54) is 11.3 Å². The third-order valence-corrected chi connectivity index (χ3v) is 3.87. The van der Waals surface area contributed by atoms with Crippen molar-refractivity contribution in [2.75, 3.05) is 13.2 Å². The quantitative estimate of drug-likeness (QED) is 0.813. The predicted octanol–water partition coefficient (Wildman–Crippen LogP) is 2.71. The fraction of sp³-hybridized carbons (Fsp3) is 0.571. The summed E-state index contributed by atoms with van der Waals surface area (Å²) in [7, 11) is 0. The van der Waals surface area contributed by atoms with Crippen molar-refractivity contribution in [1.82, 2.24) is 4.90 Å². The van der Waals surface area contributed by atoms with Crippen molar-refractivity contribution in [2.24, 2.45) is 0 Å². The molecule has 2 nitrogen and oxygen atoms in total. The van der Waals surface area contributed by atoms with Gasteiger partial charge >= 0.3 is 0 Å². The second kappa shape index (κ2) is 7.50. The van der Waals surface area contributed by atoms with Crippen LogP contribution in [-0.4, -0.2) is 29.2 Å². The summed E-state index contributed by atoms with van der Waals surface area (Å²) in [6, 6.07) is 2.74. The van der Waals surface area contributed by atoms with Crippen LogP contribution in [0, 0.1) is 11.8 Å². The molecule has 0 aliphatic rings. The van der Waals surface area contributed by atoms with Crippen LogP contribution in [0.4, 0.5) is 0 Å². The first-order valence-electron chi connectivity index (χ1n) is 6.12. The number of rotatable bonds is 5. The van der Waals surface area contributed by atoms with E-state index in [4.69, 9.17) is 5.11 Å². The van der Waals surface area contributed by atoms with E-state index in [1.807, 2.05) is 0 Å². The van der Waals surface area contributed by atoms with Crippen LogP contribution in [0.15, 0.2) is 11.4 Å². The maximum Gasteiger partial charge on any atom is 0.104 e. The van der Waals surface area contributed by atoms with Crippen LogP contribution in [0.3, 0.4) is 0 Å². The van der Waals surface area contributed by atoms with Gasteiger partial charge in [0, 0.05) is 28.4 Å². The Morgan fingerprint density at radius 3 is 2.82 bits per heavy atom. The molecule has 1 rings (SSSR count). The molecule has 94 valence electrons. The van der Waals surface area contributed by atoms with Gasteiger partial charge in [0.1, 0.15) is 6.61 Å². The molecular weight excluding hydrogens is 230 g/mol. The molecule has 0 amide bonds. The summed E-state index contributed by atoms with van der Waals surface area (Å²) in [5.41, 5.74) is 1.01. The zero-order valence-electron chi connectivity index (χ0n) is 10.9. The highest BCUT2D eigenvalue weighted by Gasteiger charge is 2.11. The number of hydrogen-bond donors (Lipinski definition) is 1. The minimum Gasteiger partial charge on any atom is -0.384 e. The zero-order valence-corrected chi connectivity index (χ0v) is 11.7. The number of aliphatic hydroxyl groups is 1. The normalized spacial score (nSPS) is 12.3. The standard InChI is InChI=1S/C14H21NOS/c1-4-12(3)15(5-2)10-14-9-13(11-17-14)7-6-8-16/h9,11-12,16H,4-5,8,10H2,1-3H3. The monoisotopic (exact) mass is 251 g/mol. The van der Waals surface area contributed by atoms with Crippen LogP contribution in [-0.2, 0) is 6.54 Å². The summed E-state index contributed by atoms with van der Waals surface area (Å²) in [5, 5.41) is 10.7. The molecule has 0 aliphatic heterocycles. The van der Waals surface area contributed by atoms with Crippen LogP contribution in [0.2, 0.25) is 0 Å². The highest BCUT2D eigenvalue weighted by Crippen LogP contribution is 2.18. The average molecular weight is 251 g/mol.